The van der Waals surface area contributed by atoms with Crippen LogP contribution in [0.1, 0.15) is 10.4 Å². The Morgan fingerprint density at radius 2 is 1.88 bits per heavy atom. The average molecular weight is 400 g/mol. The van der Waals surface area contributed by atoms with Crippen molar-refractivity contribution in [2.75, 3.05) is 26.3 Å². The minimum absolute atomic E-state index is 0.0850. The van der Waals surface area contributed by atoms with Gasteiger partial charge in [-0.1, -0.05) is 17.7 Å². The molecule has 0 amide bonds. The van der Waals surface area contributed by atoms with E-state index in [2.05, 4.69) is 0 Å². The summed E-state index contributed by atoms with van der Waals surface area (Å²) in [7, 11) is -4.08. The molecular weight excluding hydrogens is 385 g/mol. The topological polar surface area (TPSA) is 72.9 Å². The van der Waals surface area contributed by atoms with E-state index in [1.807, 2.05) is 0 Å². The van der Waals surface area contributed by atoms with E-state index in [1.165, 1.54) is 18.2 Å². The van der Waals surface area contributed by atoms with Crippen molar-refractivity contribution in [3.63, 3.8) is 0 Å². The standard InChI is InChI=1S/C17H15ClFNO5S/c18-13-2-1-3-14(11-13)25-17(21)12-4-5-15(19)16(10-12)26(22,23)20-6-8-24-9-7-20/h1-5,10-11H,6-9H2. The maximum absolute atomic E-state index is 14.2. The molecule has 0 aliphatic carbocycles. The smallest absolute Gasteiger partial charge is 0.343 e. The maximum atomic E-state index is 14.2. The van der Waals surface area contributed by atoms with Gasteiger partial charge in [-0.3, -0.25) is 0 Å². The summed E-state index contributed by atoms with van der Waals surface area (Å²) in [5.41, 5.74) is -0.0850. The van der Waals surface area contributed by atoms with Gasteiger partial charge in [-0.15, -0.1) is 0 Å². The third-order valence-electron chi connectivity index (χ3n) is 3.76. The zero-order valence-corrected chi connectivity index (χ0v) is 15.1. The molecule has 6 nitrogen and oxygen atoms in total. The second-order valence-corrected chi connectivity index (χ2v) is 7.85. The number of hydrogen-bond acceptors (Lipinski definition) is 5. The van der Waals surface area contributed by atoms with E-state index < -0.39 is 26.7 Å². The quantitative estimate of drug-likeness (QED) is 0.584. The van der Waals surface area contributed by atoms with Gasteiger partial charge in [0.2, 0.25) is 10.0 Å². The summed E-state index contributed by atoms with van der Waals surface area (Å²) in [5, 5.41) is 0.380. The molecule has 0 aromatic heterocycles. The fraction of sp³-hybridized carbons (Fsp3) is 0.235. The molecule has 1 fully saturated rings. The molecule has 1 aliphatic heterocycles. The average Bonchev–Trinajstić information content (AvgIpc) is 2.62. The van der Waals surface area contributed by atoms with Crippen LogP contribution < -0.4 is 4.74 Å². The van der Waals surface area contributed by atoms with Crippen molar-refractivity contribution in [3.05, 3.63) is 58.9 Å². The number of hydrogen-bond donors (Lipinski definition) is 0. The number of rotatable bonds is 4. The Morgan fingerprint density at radius 1 is 1.15 bits per heavy atom. The number of benzene rings is 2. The van der Waals surface area contributed by atoms with Gasteiger partial charge in [-0.05, 0) is 36.4 Å². The molecule has 1 saturated heterocycles. The summed E-state index contributed by atoms with van der Waals surface area (Å²) < 4.78 is 50.9. The van der Waals surface area contributed by atoms with Crippen LogP contribution >= 0.6 is 11.6 Å². The minimum atomic E-state index is -4.08. The molecule has 1 aliphatic rings. The number of ether oxygens (including phenoxy) is 2. The lowest BCUT2D eigenvalue weighted by molar-refractivity contribution is 0.0726. The Hall–Kier alpha value is -2.00. The normalized spacial score (nSPS) is 15.6. The highest BCUT2D eigenvalue weighted by atomic mass is 35.5. The number of esters is 1. The molecule has 0 atom stereocenters. The zero-order chi connectivity index (χ0) is 18.7. The molecule has 0 saturated carbocycles. The Balaban J connectivity index is 1.88. The van der Waals surface area contributed by atoms with Crippen molar-refractivity contribution in [1.29, 1.82) is 0 Å². The van der Waals surface area contributed by atoms with E-state index in [0.29, 0.717) is 5.02 Å². The van der Waals surface area contributed by atoms with Crippen molar-refractivity contribution < 1.29 is 27.1 Å². The van der Waals surface area contributed by atoms with Crippen LogP contribution in [0, 0.1) is 5.82 Å². The first kappa shape index (κ1) is 18.8. The second kappa shape index (κ2) is 7.71. The Labute approximate surface area is 155 Å². The van der Waals surface area contributed by atoms with Crippen molar-refractivity contribution in [1.82, 2.24) is 4.31 Å². The molecule has 0 unspecified atom stereocenters. The molecule has 9 heteroatoms. The van der Waals surface area contributed by atoms with Crippen LogP contribution in [0.3, 0.4) is 0 Å². The SMILES string of the molecule is O=C(Oc1cccc(Cl)c1)c1ccc(F)c(S(=O)(=O)N2CCOCC2)c1. The lowest BCUT2D eigenvalue weighted by Gasteiger charge is -2.26. The first-order valence-electron chi connectivity index (χ1n) is 7.73. The van der Waals surface area contributed by atoms with Crippen LogP contribution in [0.2, 0.25) is 5.02 Å². The monoisotopic (exact) mass is 399 g/mol. The fourth-order valence-electron chi connectivity index (χ4n) is 2.45. The summed E-state index contributed by atoms with van der Waals surface area (Å²) in [6.07, 6.45) is 0. The Morgan fingerprint density at radius 3 is 2.58 bits per heavy atom. The van der Waals surface area contributed by atoms with E-state index >= 15 is 0 Å². The molecule has 3 rings (SSSR count). The molecule has 0 radical (unpaired) electrons. The molecule has 2 aromatic rings. The highest BCUT2D eigenvalue weighted by Crippen LogP contribution is 2.23. The van der Waals surface area contributed by atoms with Crippen LogP contribution in [0.5, 0.6) is 5.75 Å². The Bertz CT molecular complexity index is 929. The van der Waals surface area contributed by atoms with Crippen LogP contribution in [0.25, 0.3) is 0 Å². The van der Waals surface area contributed by atoms with Gasteiger partial charge in [0.05, 0.1) is 18.8 Å². The van der Waals surface area contributed by atoms with E-state index in [0.717, 1.165) is 16.4 Å². The van der Waals surface area contributed by atoms with Gasteiger partial charge in [-0.2, -0.15) is 4.31 Å². The third kappa shape index (κ3) is 4.04. The molecule has 2 aromatic carbocycles. The van der Waals surface area contributed by atoms with Gasteiger partial charge in [0.15, 0.2) is 0 Å². The zero-order valence-electron chi connectivity index (χ0n) is 13.5. The highest BCUT2D eigenvalue weighted by Gasteiger charge is 2.30. The van der Waals surface area contributed by atoms with Gasteiger partial charge in [-0.25, -0.2) is 17.6 Å². The van der Waals surface area contributed by atoms with Crippen LogP contribution in [0.15, 0.2) is 47.4 Å². The van der Waals surface area contributed by atoms with Crippen molar-refractivity contribution in [2.45, 2.75) is 4.90 Å². The van der Waals surface area contributed by atoms with E-state index in [1.54, 1.807) is 12.1 Å². The molecule has 0 bridgehead atoms. The number of nitrogens with zero attached hydrogens (tertiary/aromatic N) is 1. The van der Waals surface area contributed by atoms with Crippen LogP contribution in [-0.2, 0) is 14.8 Å². The summed E-state index contributed by atoms with van der Waals surface area (Å²) in [4.78, 5) is 11.7. The molecule has 26 heavy (non-hydrogen) atoms. The number of morpholine rings is 1. The predicted octanol–water partition coefficient (Wildman–Crippen LogP) is 2.72. The first-order chi connectivity index (χ1) is 12.4. The van der Waals surface area contributed by atoms with Crippen molar-refractivity contribution in [3.8, 4) is 5.75 Å². The van der Waals surface area contributed by atoms with E-state index in [9.17, 15) is 17.6 Å². The molecule has 1 heterocycles. The summed E-state index contributed by atoms with van der Waals surface area (Å²) >= 11 is 5.83. The van der Waals surface area contributed by atoms with Gasteiger partial charge in [0.1, 0.15) is 16.5 Å². The van der Waals surface area contributed by atoms with Gasteiger partial charge in [0, 0.05) is 18.1 Å². The largest absolute Gasteiger partial charge is 0.423 e. The molecule has 0 spiro atoms. The first-order valence-corrected chi connectivity index (χ1v) is 9.55. The number of carbonyl (C=O) groups is 1. The number of halogens is 2. The van der Waals surface area contributed by atoms with Gasteiger partial charge < -0.3 is 9.47 Å². The minimum Gasteiger partial charge on any atom is -0.423 e. The Kier molecular flexibility index (Phi) is 5.57. The van der Waals surface area contributed by atoms with Crippen LogP contribution in [-0.4, -0.2) is 45.0 Å². The predicted molar refractivity (Wildman–Crippen MR) is 92.4 cm³/mol. The second-order valence-electron chi connectivity index (χ2n) is 5.51. The van der Waals surface area contributed by atoms with Gasteiger partial charge >= 0.3 is 5.97 Å². The van der Waals surface area contributed by atoms with Crippen molar-refractivity contribution >= 4 is 27.6 Å². The summed E-state index contributed by atoms with van der Waals surface area (Å²) in [6, 6.07) is 9.26. The number of sulfonamides is 1. The third-order valence-corrected chi connectivity index (χ3v) is 5.91. The maximum Gasteiger partial charge on any atom is 0.343 e. The lowest BCUT2D eigenvalue weighted by Crippen LogP contribution is -2.41. The van der Waals surface area contributed by atoms with Crippen molar-refractivity contribution in [2.24, 2.45) is 0 Å². The summed E-state index contributed by atoms with van der Waals surface area (Å²) in [6.45, 7) is 0.715. The highest BCUT2D eigenvalue weighted by molar-refractivity contribution is 7.89. The molecular formula is C17H15ClFNO5S. The lowest BCUT2D eigenvalue weighted by atomic mass is 10.2. The fourth-order valence-corrected chi connectivity index (χ4v) is 4.13. The van der Waals surface area contributed by atoms with Crippen LogP contribution in [0.4, 0.5) is 4.39 Å². The molecule has 138 valence electrons. The van der Waals surface area contributed by atoms with E-state index in [-0.39, 0.29) is 37.6 Å². The number of carbonyl (C=O) groups excluding carboxylic acids is 1. The summed E-state index contributed by atoms with van der Waals surface area (Å²) in [5.74, 6) is -1.55. The molecule has 0 N–H and O–H groups in total. The van der Waals surface area contributed by atoms with E-state index in [4.69, 9.17) is 21.1 Å². The van der Waals surface area contributed by atoms with Gasteiger partial charge in [0.25, 0.3) is 0 Å².